The predicted molar refractivity (Wildman–Crippen MR) is 517 cm³/mol. The van der Waals surface area contributed by atoms with E-state index in [9.17, 15) is 0 Å². The average Bonchev–Trinajstić information content (AvgIpc) is 1.56. The van der Waals surface area contributed by atoms with Crippen molar-refractivity contribution in [3.8, 4) is 44.5 Å². The molecule has 104 heavy (non-hydrogen) atoms. The van der Waals surface area contributed by atoms with Crippen molar-refractivity contribution in [3.63, 3.8) is 0 Å². The van der Waals surface area contributed by atoms with E-state index in [2.05, 4.69) is 310 Å². The lowest BCUT2D eigenvalue weighted by molar-refractivity contribution is 0.897. The van der Waals surface area contributed by atoms with Crippen molar-refractivity contribution in [1.29, 1.82) is 0 Å². The molecule has 548 valence electrons. The van der Waals surface area contributed by atoms with Crippen LogP contribution in [0.15, 0.2) is 166 Å². The molecule has 6 aromatic carbocycles. The zero-order valence-electron chi connectivity index (χ0n) is 60.3. The van der Waals surface area contributed by atoms with Gasteiger partial charge in [0.05, 0.1) is 50.8 Å². The fourth-order valence-corrected chi connectivity index (χ4v) is 39.5. The Morgan fingerprint density at radius 2 is 0.356 bits per heavy atom. The summed E-state index contributed by atoms with van der Waals surface area (Å²) in [6, 6.07) is 38.0. The van der Waals surface area contributed by atoms with Gasteiger partial charge in [-0.25, -0.2) is 0 Å². The molecule has 0 unspecified atom stereocenters. The van der Waals surface area contributed by atoms with Crippen LogP contribution in [0, 0.1) is 0 Å². The lowest BCUT2D eigenvalue weighted by Gasteiger charge is -2.11. The van der Waals surface area contributed by atoms with Crippen LogP contribution < -0.4 is 0 Å². The Kier molecular flexibility index (Phi) is 32.1. The van der Waals surface area contributed by atoms with Crippen LogP contribution in [-0.2, 0) is 0 Å². The number of thioether (sulfide) groups is 16. The maximum absolute atomic E-state index is 3.86. The van der Waals surface area contributed by atoms with E-state index < -0.39 is 0 Å². The molecule has 4 aliphatic heterocycles. The molecule has 14 rings (SSSR count). The molecule has 4 aliphatic carbocycles. The molecule has 0 saturated heterocycles. The molecule has 0 aromatic heterocycles. The molecule has 6 aromatic rings. The molecule has 0 saturated carbocycles. The molecular formula is C84H88Br4S16. The first-order valence-electron chi connectivity index (χ1n) is 36.9. The summed E-state index contributed by atoms with van der Waals surface area (Å²) in [7, 11) is 0. The third-order valence-corrected chi connectivity index (χ3v) is 43.1. The van der Waals surface area contributed by atoms with Gasteiger partial charge in [-0.3, -0.25) is 0 Å². The molecule has 0 atom stereocenters. The SMILES string of the molecule is CCCCSC1=C(SCCCC)SC(=C2c3cc(Br)ccc3-c3cc4c(cc32)-c2ccc(Br)cc2C4=C2SC(SCCCC)=C(SCCCC)S2)S1.CCCCSC1=C(SCCCC)SC(=C2c3cc(Br)ccc3-c3cc4c(cc32)-c2ccc(Br)cc2C4=C2SC(SCCCC)=C(SCCCC)S2)S1. The molecule has 0 N–H and O–H groups in total. The number of hydrogen-bond acceptors (Lipinski definition) is 16. The zero-order chi connectivity index (χ0) is 72.4. The maximum Gasteiger partial charge on any atom is 0.0660 e. The first-order chi connectivity index (χ1) is 50.9. The summed E-state index contributed by atoms with van der Waals surface area (Å²) in [6.07, 6.45) is 20.0. The van der Waals surface area contributed by atoms with Gasteiger partial charge in [0.15, 0.2) is 0 Å². The lowest BCUT2D eigenvalue weighted by Crippen LogP contribution is -1.88. The van der Waals surface area contributed by atoms with Crippen molar-refractivity contribution in [2.75, 3.05) is 46.0 Å². The van der Waals surface area contributed by atoms with E-state index >= 15 is 0 Å². The number of rotatable bonds is 32. The van der Waals surface area contributed by atoms with Crippen LogP contribution in [-0.4, -0.2) is 46.0 Å². The number of benzene rings is 6. The fraction of sp³-hybridized carbons (Fsp3) is 0.381. The summed E-state index contributed by atoms with van der Waals surface area (Å²) >= 11 is 48.3. The van der Waals surface area contributed by atoms with Crippen LogP contribution in [0.3, 0.4) is 0 Å². The van der Waals surface area contributed by atoms with Crippen molar-refractivity contribution < 1.29 is 0 Å². The van der Waals surface area contributed by atoms with Gasteiger partial charge in [0, 0.05) is 40.2 Å². The fourth-order valence-electron chi connectivity index (χ4n) is 12.9. The minimum Gasteiger partial charge on any atom is -0.117 e. The molecule has 20 heteroatoms. The number of halogens is 4. The van der Waals surface area contributed by atoms with E-state index in [-0.39, 0.29) is 0 Å². The average molecular weight is 1930 g/mol. The van der Waals surface area contributed by atoms with Gasteiger partial charge in [0.2, 0.25) is 0 Å². The Hall–Kier alpha value is 0.760. The highest BCUT2D eigenvalue weighted by molar-refractivity contribution is 9.11. The summed E-state index contributed by atoms with van der Waals surface area (Å²) in [5.41, 5.74) is 27.6. The van der Waals surface area contributed by atoms with Gasteiger partial charge in [-0.2, -0.15) is 0 Å². The number of unbranched alkanes of at least 4 members (excludes halogenated alkanes) is 8. The van der Waals surface area contributed by atoms with Gasteiger partial charge >= 0.3 is 0 Å². The number of hydrogen-bond donors (Lipinski definition) is 0. The lowest BCUT2D eigenvalue weighted by atomic mass is 9.96. The first-order valence-corrected chi connectivity index (χ1v) is 54.5. The van der Waals surface area contributed by atoms with Crippen LogP contribution in [0.2, 0.25) is 0 Å². The largest absolute Gasteiger partial charge is 0.117 e. The molecule has 0 radical (unpaired) electrons. The minimum absolute atomic E-state index is 1.14. The Balaban J connectivity index is 0.000000185. The van der Waals surface area contributed by atoms with Crippen molar-refractivity contribution in [2.45, 2.75) is 158 Å². The monoisotopic (exact) mass is 1920 g/mol. The second-order valence-corrected chi connectivity index (χ2v) is 49.8. The van der Waals surface area contributed by atoms with Crippen molar-refractivity contribution in [3.05, 3.63) is 210 Å². The van der Waals surface area contributed by atoms with E-state index in [1.54, 1.807) is 0 Å². The zero-order valence-corrected chi connectivity index (χ0v) is 79.7. The van der Waals surface area contributed by atoms with Gasteiger partial charge in [-0.1, -0.05) is 289 Å². The summed E-state index contributed by atoms with van der Waals surface area (Å²) < 4.78 is 22.4. The molecule has 4 heterocycles. The highest BCUT2D eigenvalue weighted by Gasteiger charge is 2.40. The van der Waals surface area contributed by atoms with Crippen molar-refractivity contribution in [1.82, 2.24) is 0 Å². The van der Waals surface area contributed by atoms with Crippen LogP contribution in [0.5, 0.6) is 0 Å². The molecule has 0 fully saturated rings. The molecular weight excluding hydrogens is 1840 g/mol. The van der Waals surface area contributed by atoms with Crippen molar-refractivity contribution in [2.24, 2.45) is 0 Å². The van der Waals surface area contributed by atoms with Gasteiger partial charge in [0.1, 0.15) is 0 Å². The maximum atomic E-state index is 3.86. The van der Waals surface area contributed by atoms with Crippen LogP contribution >= 0.6 is 252 Å². The second-order valence-electron chi connectivity index (χ2n) is 26.0. The standard InChI is InChI=1S/2C42H44Br2S8/c2*1-5-9-17-45-39-40(46-18-10-6-2)50-37(49-39)35-31-21-25(43)13-15-27(31)29-24-34-30(23-33(29)35)28-16-14-26(44)22-32(28)36(34)38-51-41(47-19-11-7-3)42(52-38)48-20-12-8-4/h2*13-16,21-24H,5-12,17-20H2,1-4H3. The smallest absolute Gasteiger partial charge is 0.0660 e. The van der Waals surface area contributed by atoms with E-state index in [1.165, 1.54) is 311 Å². The van der Waals surface area contributed by atoms with E-state index in [1.807, 2.05) is 94.1 Å². The quantitative estimate of drug-likeness (QED) is 0.0367. The minimum atomic E-state index is 1.14. The molecule has 0 nitrogen and oxygen atoms in total. The topological polar surface area (TPSA) is 0 Å². The van der Waals surface area contributed by atoms with Crippen molar-refractivity contribution >= 4 is 274 Å². The normalized spacial score (nSPS) is 16.1. The van der Waals surface area contributed by atoms with E-state index in [0.29, 0.717) is 0 Å². The second kappa shape index (κ2) is 40.4. The highest BCUT2D eigenvalue weighted by Crippen LogP contribution is 2.69. The Bertz CT molecular complexity index is 3850. The van der Waals surface area contributed by atoms with Gasteiger partial charge < -0.3 is 0 Å². The molecule has 0 amide bonds. The summed E-state index contributed by atoms with van der Waals surface area (Å²) in [5, 5.41) is 0. The third kappa shape index (κ3) is 19.0. The van der Waals surface area contributed by atoms with E-state index in [0.717, 1.165) is 17.9 Å². The highest BCUT2D eigenvalue weighted by atomic mass is 79.9. The van der Waals surface area contributed by atoms with Crippen LogP contribution in [0.4, 0.5) is 0 Å². The van der Waals surface area contributed by atoms with Gasteiger partial charge in [0.25, 0.3) is 0 Å². The predicted octanol–water partition coefficient (Wildman–Crippen LogP) is 35.9. The van der Waals surface area contributed by atoms with E-state index in [4.69, 9.17) is 0 Å². The summed E-state index contributed by atoms with van der Waals surface area (Å²) in [6.45, 7) is 18.4. The van der Waals surface area contributed by atoms with Gasteiger partial charge in [-0.15, -0.1) is 94.1 Å². The Morgan fingerprint density at radius 3 is 0.510 bits per heavy atom. The summed E-state index contributed by atoms with van der Waals surface area (Å²) in [5.74, 6) is 9.54. The Labute approximate surface area is 723 Å². The molecule has 0 spiro atoms. The first kappa shape index (κ1) is 82.7. The van der Waals surface area contributed by atoms with Crippen LogP contribution in [0.1, 0.15) is 203 Å². The summed E-state index contributed by atoms with van der Waals surface area (Å²) in [4.78, 5) is 0. The number of fused-ring (bicyclic) bond motifs is 12. The van der Waals surface area contributed by atoms with Gasteiger partial charge in [-0.05, 0) is 259 Å². The molecule has 0 bridgehead atoms. The molecule has 8 aliphatic rings. The third-order valence-electron chi connectivity index (χ3n) is 18.4. The Morgan fingerprint density at radius 1 is 0.202 bits per heavy atom. The van der Waals surface area contributed by atoms with Crippen LogP contribution in [0.25, 0.3) is 66.8 Å².